The molecule has 0 saturated carbocycles. The van der Waals surface area contributed by atoms with E-state index < -0.39 is 45.1 Å². The molecule has 4 N–H and O–H groups in total. The quantitative estimate of drug-likeness (QED) is 0.0232. The van der Waals surface area contributed by atoms with E-state index in [1.165, 1.54) is 205 Å². The van der Waals surface area contributed by atoms with Crippen molar-refractivity contribution in [3.05, 3.63) is 24.3 Å². The van der Waals surface area contributed by atoms with Crippen LogP contribution in [-0.4, -0.2) is 60.5 Å². The van der Waals surface area contributed by atoms with E-state index in [2.05, 4.69) is 38.2 Å². The smallest absolute Gasteiger partial charge is 0.472 e. The molecule has 0 heterocycles. The molecule has 384 valence electrons. The first-order valence-electron chi connectivity index (χ1n) is 27.4. The highest BCUT2D eigenvalue weighted by atomic mass is 31.2. The van der Waals surface area contributed by atoms with E-state index in [1.54, 1.807) is 0 Å². The molecule has 0 aliphatic rings. The zero-order valence-corrected chi connectivity index (χ0v) is 43.2. The summed E-state index contributed by atoms with van der Waals surface area (Å²) in [6.45, 7) is 3.93. The number of hydrogen-bond acceptors (Lipinski definition) is 8. The van der Waals surface area contributed by atoms with Gasteiger partial charge >= 0.3 is 19.8 Å². The van der Waals surface area contributed by atoms with E-state index in [9.17, 15) is 19.0 Å². The third-order valence-electron chi connectivity index (χ3n) is 12.2. The van der Waals surface area contributed by atoms with Gasteiger partial charge in [-0.25, -0.2) is 4.57 Å². The zero-order chi connectivity index (χ0) is 47.6. The molecule has 0 bridgehead atoms. The lowest BCUT2D eigenvalue weighted by atomic mass is 10.1. The summed E-state index contributed by atoms with van der Waals surface area (Å²) in [4.78, 5) is 33.7. The summed E-state index contributed by atoms with van der Waals surface area (Å²) in [6, 6.07) is -1.47. The topological polar surface area (TPSA) is 155 Å². The van der Waals surface area contributed by atoms with Crippen LogP contribution in [-0.2, 0) is 32.7 Å². The summed E-state index contributed by atoms with van der Waals surface area (Å²) in [7, 11) is -4.62. The molecule has 0 aliphatic heterocycles. The molecule has 0 amide bonds. The number of phosphoric ester groups is 1. The van der Waals surface area contributed by atoms with E-state index in [4.69, 9.17) is 29.4 Å². The van der Waals surface area contributed by atoms with Gasteiger partial charge in [0.25, 0.3) is 0 Å². The van der Waals surface area contributed by atoms with Crippen LogP contribution in [0.15, 0.2) is 24.3 Å². The van der Waals surface area contributed by atoms with Crippen molar-refractivity contribution < 1.29 is 42.7 Å². The van der Waals surface area contributed by atoms with Crippen LogP contribution < -0.4 is 5.73 Å². The minimum Gasteiger partial charge on any atom is -0.480 e. The summed E-state index contributed by atoms with van der Waals surface area (Å²) in [5, 5.41) is 8.94. The van der Waals surface area contributed by atoms with E-state index in [0.29, 0.717) is 13.0 Å². The molecule has 65 heavy (non-hydrogen) atoms. The molecule has 0 rings (SSSR count). The Morgan fingerprint density at radius 1 is 0.477 bits per heavy atom. The first-order chi connectivity index (χ1) is 31.7. The fourth-order valence-electron chi connectivity index (χ4n) is 7.95. The van der Waals surface area contributed by atoms with Gasteiger partial charge in [-0.05, 0) is 64.2 Å². The van der Waals surface area contributed by atoms with Gasteiger partial charge in [-0.1, -0.05) is 224 Å². The molecule has 0 spiro atoms. The van der Waals surface area contributed by atoms with Gasteiger partial charge in [0.15, 0.2) is 0 Å². The van der Waals surface area contributed by atoms with Gasteiger partial charge in [-0.2, -0.15) is 0 Å². The lowest BCUT2D eigenvalue weighted by molar-refractivity contribution is -0.154. The number of carbonyl (C=O) groups excluding carboxylic acids is 1. The number of ether oxygens (including phenoxy) is 2. The first kappa shape index (κ1) is 63.5. The average molecular weight is 942 g/mol. The van der Waals surface area contributed by atoms with Gasteiger partial charge in [0, 0.05) is 13.0 Å². The predicted molar refractivity (Wildman–Crippen MR) is 272 cm³/mol. The Kier molecular flexibility index (Phi) is 49.1. The van der Waals surface area contributed by atoms with Crippen molar-refractivity contribution in [1.82, 2.24) is 0 Å². The summed E-state index contributed by atoms with van der Waals surface area (Å²) in [6.07, 6.45) is 58.1. The lowest BCUT2D eigenvalue weighted by Crippen LogP contribution is -2.34. The van der Waals surface area contributed by atoms with Crippen LogP contribution in [0, 0.1) is 0 Å². The molecule has 3 unspecified atom stereocenters. The molecule has 10 nitrogen and oxygen atoms in total. The van der Waals surface area contributed by atoms with Crippen LogP contribution in [0.1, 0.15) is 271 Å². The lowest BCUT2D eigenvalue weighted by Gasteiger charge is -2.20. The SMILES string of the molecule is CCCCCCCCCC/C=C\CCCCCCCCCCCCOCC(COP(=O)(O)OCC(N)C(=O)O)OC(=O)CCCCCCCCCCC/C=C\CCCCCCCCCC. The van der Waals surface area contributed by atoms with Gasteiger partial charge < -0.3 is 25.2 Å². The third-order valence-corrected chi connectivity index (χ3v) is 13.2. The average Bonchev–Trinajstić information content (AvgIpc) is 3.29. The van der Waals surface area contributed by atoms with Crippen LogP contribution in [0.5, 0.6) is 0 Å². The number of phosphoric acid groups is 1. The maximum atomic E-state index is 12.7. The molecule has 0 aromatic heterocycles. The Morgan fingerprint density at radius 3 is 1.17 bits per heavy atom. The number of carboxylic acids is 1. The van der Waals surface area contributed by atoms with E-state index in [0.717, 1.165) is 38.5 Å². The summed E-state index contributed by atoms with van der Waals surface area (Å²) in [5.41, 5.74) is 5.38. The van der Waals surface area contributed by atoms with Crippen molar-refractivity contribution in [2.24, 2.45) is 5.73 Å². The van der Waals surface area contributed by atoms with Crippen molar-refractivity contribution >= 4 is 19.8 Å². The highest BCUT2D eigenvalue weighted by molar-refractivity contribution is 7.47. The summed E-state index contributed by atoms with van der Waals surface area (Å²) < 4.78 is 33.6. The van der Waals surface area contributed by atoms with Crippen LogP contribution in [0.3, 0.4) is 0 Å². The first-order valence-corrected chi connectivity index (χ1v) is 28.9. The Hall–Kier alpha value is -1.55. The largest absolute Gasteiger partial charge is 0.480 e. The molecular formula is C54H104NO9P. The number of allylic oxidation sites excluding steroid dienone is 4. The monoisotopic (exact) mass is 942 g/mol. The normalized spacial score (nSPS) is 13.8. The fourth-order valence-corrected chi connectivity index (χ4v) is 8.73. The van der Waals surface area contributed by atoms with Gasteiger partial charge in [0.2, 0.25) is 0 Å². The Bertz CT molecular complexity index is 1140. The van der Waals surface area contributed by atoms with Gasteiger partial charge in [0.05, 0.1) is 19.8 Å². The molecule has 3 atom stereocenters. The highest BCUT2D eigenvalue weighted by Gasteiger charge is 2.27. The maximum absolute atomic E-state index is 12.7. The number of carbonyl (C=O) groups is 2. The van der Waals surface area contributed by atoms with Crippen molar-refractivity contribution in [2.45, 2.75) is 283 Å². The molecule has 0 aliphatic carbocycles. The maximum Gasteiger partial charge on any atom is 0.472 e. The molecule has 0 fully saturated rings. The van der Waals surface area contributed by atoms with Crippen molar-refractivity contribution in [3.63, 3.8) is 0 Å². The Morgan fingerprint density at radius 2 is 0.800 bits per heavy atom. The number of carboxylic acid groups (broad SMARTS) is 1. The van der Waals surface area contributed by atoms with Crippen LogP contribution >= 0.6 is 7.82 Å². The Balaban J connectivity index is 4.08. The molecular weight excluding hydrogens is 838 g/mol. The summed E-state index contributed by atoms with van der Waals surface area (Å²) >= 11 is 0. The van der Waals surface area contributed by atoms with Gasteiger partial charge in [-0.15, -0.1) is 0 Å². The zero-order valence-electron chi connectivity index (χ0n) is 42.4. The molecule has 0 aromatic carbocycles. The molecule has 0 saturated heterocycles. The van der Waals surface area contributed by atoms with E-state index >= 15 is 0 Å². The second-order valence-electron chi connectivity index (χ2n) is 18.7. The second-order valence-corrected chi connectivity index (χ2v) is 20.2. The van der Waals surface area contributed by atoms with Crippen LogP contribution in [0.25, 0.3) is 0 Å². The number of nitrogens with two attached hydrogens (primary N) is 1. The number of unbranched alkanes of at least 4 members (excludes halogenated alkanes) is 35. The number of rotatable bonds is 53. The minimum absolute atomic E-state index is 0.0189. The third kappa shape index (κ3) is 50.2. The molecule has 11 heteroatoms. The number of hydrogen-bond donors (Lipinski definition) is 3. The predicted octanol–water partition coefficient (Wildman–Crippen LogP) is 16.2. The highest BCUT2D eigenvalue weighted by Crippen LogP contribution is 2.43. The van der Waals surface area contributed by atoms with Gasteiger partial charge in [0.1, 0.15) is 12.1 Å². The fraction of sp³-hybridized carbons (Fsp3) is 0.889. The summed E-state index contributed by atoms with van der Waals surface area (Å²) in [5.74, 6) is -1.77. The van der Waals surface area contributed by atoms with Crippen LogP contribution in [0.2, 0.25) is 0 Å². The standard InChI is InChI=1S/C54H104NO9P/c1-3-5-7-9-11-13-15-17-19-21-23-25-27-29-31-33-35-37-39-41-43-45-47-61-48-51(49-62-65(59,60)63-50-52(55)54(57)58)64-53(56)46-44-42-40-38-36-34-32-30-28-26-24-22-20-18-16-14-12-10-8-6-4-2/h21-24,51-52H,3-20,25-50,55H2,1-2H3,(H,57,58)(H,59,60)/b23-21-,24-22-. The number of aliphatic carboxylic acids is 1. The Labute approximate surface area is 400 Å². The van der Waals surface area contributed by atoms with Crippen LogP contribution in [0.4, 0.5) is 0 Å². The number of esters is 1. The second kappa shape index (κ2) is 50.3. The van der Waals surface area contributed by atoms with E-state index in [1.807, 2.05) is 0 Å². The van der Waals surface area contributed by atoms with Gasteiger partial charge in [-0.3, -0.25) is 18.6 Å². The van der Waals surface area contributed by atoms with E-state index in [-0.39, 0.29) is 13.0 Å². The van der Waals surface area contributed by atoms with Crippen molar-refractivity contribution in [3.8, 4) is 0 Å². The minimum atomic E-state index is -4.62. The molecule has 0 radical (unpaired) electrons. The molecule has 0 aromatic rings. The van der Waals surface area contributed by atoms with Crippen molar-refractivity contribution in [1.29, 1.82) is 0 Å². The van der Waals surface area contributed by atoms with Crippen molar-refractivity contribution in [2.75, 3.05) is 26.4 Å².